The number of benzene rings is 2. The van der Waals surface area contributed by atoms with Crippen molar-refractivity contribution in [2.45, 2.75) is 12.5 Å². The average Bonchev–Trinajstić information content (AvgIpc) is 2.36. The quantitative estimate of drug-likeness (QED) is 0.847. The molecule has 0 amide bonds. The van der Waals surface area contributed by atoms with Gasteiger partial charge in [-0.05, 0) is 35.9 Å². The molecule has 0 aromatic heterocycles. The van der Waals surface area contributed by atoms with Gasteiger partial charge in [-0.1, -0.05) is 17.7 Å². The summed E-state index contributed by atoms with van der Waals surface area (Å²) in [7, 11) is 0. The van der Waals surface area contributed by atoms with Crippen molar-refractivity contribution in [2.75, 3.05) is 5.73 Å². The van der Waals surface area contributed by atoms with Crippen LogP contribution >= 0.6 is 11.6 Å². The van der Waals surface area contributed by atoms with Crippen LogP contribution in [0.15, 0.2) is 36.4 Å². The number of nitrogen functional groups attached to an aromatic ring is 1. The van der Waals surface area contributed by atoms with Crippen molar-refractivity contribution >= 4 is 17.3 Å². The number of nitrogens with two attached hydrogens (primary N) is 1. The molecule has 0 radical (unpaired) electrons. The minimum Gasteiger partial charge on any atom is -0.398 e. The van der Waals surface area contributed by atoms with Crippen LogP contribution < -0.4 is 5.73 Å². The number of rotatable bonds is 3. The molecule has 2 rings (SSSR count). The van der Waals surface area contributed by atoms with Crippen LogP contribution in [0.1, 0.15) is 17.2 Å². The van der Waals surface area contributed by atoms with Gasteiger partial charge < -0.3 is 10.8 Å². The third-order valence-corrected chi connectivity index (χ3v) is 3.13. The predicted octanol–water partition coefficient (Wildman–Crippen LogP) is 3.48. The lowest BCUT2D eigenvalue weighted by atomic mass is 10.00. The van der Waals surface area contributed by atoms with E-state index < -0.39 is 17.7 Å². The Morgan fingerprint density at radius 2 is 1.89 bits per heavy atom. The maximum absolute atomic E-state index is 13.3. The summed E-state index contributed by atoms with van der Waals surface area (Å²) in [4.78, 5) is 0. The van der Waals surface area contributed by atoms with Gasteiger partial charge in [0, 0.05) is 17.7 Å². The molecule has 2 aromatic carbocycles. The molecule has 19 heavy (non-hydrogen) atoms. The zero-order valence-electron chi connectivity index (χ0n) is 9.91. The fourth-order valence-electron chi connectivity index (χ4n) is 1.83. The van der Waals surface area contributed by atoms with E-state index in [0.717, 1.165) is 0 Å². The van der Waals surface area contributed by atoms with Gasteiger partial charge in [-0.15, -0.1) is 0 Å². The largest absolute Gasteiger partial charge is 0.398 e. The summed E-state index contributed by atoms with van der Waals surface area (Å²) in [5.41, 5.74) is 6.81. The molecule has 100 valence electrons. The van der Waals surface area contributed by atoms with Gasteiger partial charge in [0.2, 0.25) is 0 Å². The molecule has 0 saturated carbocycles. The first-order valence-corrected chi connectivity index (χ1v) is 6.02. The van der Waals surface area contributed by atoms with Gasteiger partial charge in [-0.2, -0.15) is 0 Å². The minimum absolute atomic E-state index is 0.0171. The van der Waals surface area contributed by atoms with Gasteiger partial charge in [0.1, 0.15) is 11.6 Å². The highest BCUT2D eigenvalue weighted by atomic mass is 35.5. The Kier molecular flexibility index (Phi) is 4.02. The van der Waals surface area contributed by atoms with Gasteiger partial charge in [0.25, 0.3) is 0 Å². The molecular formula is C14H12ClF2NO. The van der Waals surface area contributed by atoms with E-state index >= 15 is 0 Å². The fraction of sp³-hybridized carbons (Fsp3) is 0.143. The summed E-state index contributed by atoms with van der Waals surface area (Å²) in [5.74, 6) is -1.04. The van der Waals surface area contributed by atoms with Crippen LogP contribution in [-0.2, 0) is 6.42 Å². The number of halogens is 3. The Morgan fingerprint density at radius 3 is 2.58 bits per heavy atom. The van der Waals surface area contributed by atoms with Crippen LogP contribution in [-0.4, -0.2) is 5.11 Å². The highest BCUT2D eigenvalue weighted by molar-refractivity contribution is 6.30. The fourth-order valence-corrected chi connectivity index (χ4v) is 1.95. The second kappa shape index (κ2) is 5.55. The molecule has 3 N–H and O–H groups in total. The summed E-state index contributed by atoms with van der Waals surface area (Å²) in [6.45, 7) is 0. The number of hydrogen-bond donors (Lipinski definition) is 2. The Bertz CT molecular complexity index is 604. The molecule has 0 fully saturated rings. The average molecular weight is 284 g/mol. The van der Waals surface area contributed by atoms with E-state index in [0.29, 0.717) is 11.3 Å². The van der Waals surface area contributed by atoms with Crippen LogP contribution in [0.3, 0.4) is 0 Å². The molecule has 0 heterocycles. The molecule has 2 nitrogen and oxygen atoms in total. The Hall–Kier alpha value is -1.65. The first-order valence-electron chi connectivity index (χ1n) is 5.64. The lowest BCUT2D eigenvalue weighted by Gasteiger charge is -2.14. The van der Waals surface area contributed by atoms with Crippen molar-refractivity contribution in [2.24, 2.45) is 0 Å². The van der Waals surface area contributed by atoms with Crippen LogP contribution in [0.4, 0.5) is 14.5 Å². The molecule has 0 aliphatic carbocycles. The summed E-state index contributed by atoms with van der Waals surface area (Å²) in [5, 5.41) is 10.1. The lowest BCUT2D eigenvalue weighted by Crippen LogP contribution is -2.06. The Labute approximate surface area is 114 Å². The number of hydrogen-bond acceptors (Lipinski definition) is 2. The number of aliphatic hydroxyl groups is 1. The molecule has 1 atom stereocenters. The van der Waals surface area contributed by atoms with Gasteiger partial charge in [-0.3, -0.25) is 0 Å². The SMILES string of the molecule is Nc1ccc(F)cc1C(O)Cc1ccc(Cl)c(F)c1. The maximum Gasteiger partial charge on any atom is 0.142 e. The predicted molar refractivity (Wildman–Crippen MR) is 70.9 cm³/mol. The van der Waals surface area contributed by atoms with Crippen LogP contribution in [0.25, 0.3) is 0 Å². The van der Waals surface area contributed by atoms with E-state index in [1.54, 1.807) is 6.07 Å². The van der Waals surface area contributed by atoms with Crippen molar-refractivity contribution in [3.8, 4) is 0 Å². The summed E-state index contributed by atoms with van der Waals surface area (Å²) >= 11 is 5.57. The second-order valence-electron chi connectivity index (χ2n) is 4.24. The van der Waals surface area contributed by atoms with Gasteiger partial charge in [0.15, 0.2) is 0 Å². The van der Waals surface area contributed by atoms with Gasteiger partial charge >= 0.3 is 0 Å². The van der Waals surface area contributed by atoms with E-state index in [1.807, 2.05) is 0 Å². The first-order chi connectivity index (χ1) is 8.97. The topological polar surface area (TPSA) is 46.2 Å². The van der Waals surface area contributed by atoms with E-state index in [-0.39, 0.29) is 17.0 Å². The zero-order valence-corrected chi connectivity index (χ0v) is 10.7. The number of aliphatic hydroxyl groups excluding tert-OH is 1. The Balaban J connectivity index is 2.22. The summed E-state index contributed by atoms with van der Waals surface area (Å²) in [6, 6.07) is 8.02. The van der Waals surface area contributed by atoms with Crippen molar-refractivity contribution < 1.29 is 13.9 Å². The van der Waals surface area contributed by atoms with E-state index in [4.69, 9.17) is 17.3 Å². The minimum atomic E-state index is -1.00. The molecule has 0 aliphatic rings. The third kappa shape index (κ3) is 3.22. The van der Waals surface area contributed by atoms with Crippen molar-refractivity contribution in [3.63, 3.8) is 0 Å². The summed E-state index contributed by atoms with van der Waals surface area (Å²) in [6.07, 6.45) is -0.877. The monoisotopic (exact) mass is 283 g/mol. The van der Waals surface area contributed by atoms with E-state index in [9.17, 15) is 13.9 Å². The normalized spacial score (nSPS) is 12.4. The van der Waals surface area contributed by atoms with Crippen molar-refractivity contribution in [1.29, 1.82) is 0 Å². The van der Waals surface area contributed by atoms with Crippen molar-refractivity contribution in [1.82, 2.24) is 0 Å². The second-order valence-corrected chi connectivity index (χ2v) is 4.65. The standard InChI is InChI=1S/C14H12ClF2NO/c15-11-3-1-8(5-12(11)17)6-14(19)10-7-9(16)2-4-13(10)18/h1-5,7,14,19H,6,18H2. The van der Waals surface area contributed by atoms with Gasteiger partial charge in [0.05, 0.1) is 11.1 Å². The zero-order chi connectivity index (χ0) is 14.0. The van der Waals surface area contributed by atoms with Crippen molar-refractivity contribution in [3.05, 3.63) is 64.2 Å². The molecule has 0 bridgehead atoms. The highest BCUT2D eigenvalue weighted by Crippen LogP contribution is 2.26. The molecule has 0 aliphatic heterocycles. The summed E-state index contributed by atoms with van der Waals surface area (Å²) < 4.78 is 26.4. The van der Waals surface area contributed by atoms with Gasteiger partial charge in [-0.25, -0.2) is 8.78 Å². The van der Waals surface area contributed by atoms with E-state index in [1.165, 1.54) is 30.3 Å². The van der Waals surface area contributed by atoms with Crippen LogP contribution in [0, 0.1) is 11.6 Å². The first kappa shape index (κ1) is 13.8. The molecule has 5 heteroatoms. The molecule has 2 aromatic rings. The van der Waals surface area contributed by atoms with Crippen LogP contribution in [0.2, 0.25) is 5.02 Å². The molecule has 0 spiro atoms. The Morgan fingerprint density at radius 1 is 1.16 bits per heavy atom. The molecule has 1 unspecified atom stereocenters. The lowest BCUT2D eigenvalue weighted by molar-refractivity contribution is 0.178. The number of anilines is 1. The molecule has 0 saturated heterocycles. The third-order valence-electron chi connectivity index (χ3n) is 2.82. The maximum atomic E-state index is 13.3. The smallest absolute Gasteiger partial charge is 0.142 e. The molecular weight excluding hydrogens is 272 g/mol. The van der Waals surface area contributed by atoms with E-state index in [2.05, 4.69) is 0 Å². The highest BCUT2D eigenvalue weighted by Gasteiger charge is 2.14. The van der Waals surface area contributed by atoms with Crippen LogP contribution in [0.5, 0.6) is 0 Å².